The van der Waals surface area contributed by atoms with Gasteiger partial charge in [0.15, 0.2) is 0 Å². The summed E-state index contributed by atoms with van der Waals surface area (Å²) in [7, 11) is 2.11. The molecule has 2 heteroatoms. The van der Waals surface area contributed by atoms with E-state index >= 15 is 0 Å². The average Bonchev–Trinajstić information content (AvgIpc) is 3.03. The van der Waals surface area contributed by atoms with Gasteiger partial charge < -0.3 is 10.1 Å². The van der Waals surface area contributed by atoms with E-state index in [1.807, 2.05) is 0 Å². The minimum atomic E-state index is 0.141. The van der Waals surface area contributed by atoms with Crippen LogP contribution < -0.4 is 5.32 Å². The van der Waals surface area contributed by atoms with Gasteiger partial charge in [0.05, 0.1) is 5.60 Å². The number of ether oxygens (including phenoxy) is 1. The van der Waals surface area contributed by atoms with Crippen molar-refractivity contribution in [1.29, 1.82) is 0 Å². The van der Waals surface area contributed by atoms with Crippen molar-refractivity contribution in [3.8, 4) is 0 Å². The van der Waals surface area contributed by atoms with Gasteiger partial charge in [-0.1, -0.05) is 19.8 Å². The molecule has 2 aliphatic rings. The van der Waals surface area contributed by atoms with Crippen molar-refractivity contribution in [2.75, 3.05) is 13.7 Å². The SMILES string of the molecule is CCOC1(C(NC)C2CC2)CCCC(C)C1. The first kappa shape index (κ1) is 12.4. The Morgan fingerprint density at radius 3 is 2.62 bits per heavy atom. The summed E-state index contributed by atoms with van der Waals surface area (Å²) in [6.07, 6.45) is 8.03. The van der Waals surface area contributed by atoms with E-state index < -0.39 is 0 Å². The molecule has 0 aromatic carbocycles. The molecule has 0 radical (unpaired) electrons. The molecule has 2 fully saturated rings. The summed E-state index contributed by atoms with van der Waals surface area (Å²) in [5.74, 6) is 1.71. The van der Waals surface area contributed by atoms with Crippen LogP contribution >= 0.6 is 0 Å². The molecule has 0 heterocycles. The Labute approximate surface area is 100 Å². The topological polar surface area (TPSA) is 21.3 Å². The molecule has 0 saturated heterocycles. The van der Waals surface area contributed by atoms with E-state index in [0.717, 1.165) is 18.4 Å². The number of rotatable bonds is 5. The van der Waals surface area contributed by atoms with Crippen LogP contribution in [0.25, 0.3) is 0 Å². The van der Waals surface area contributed by atoms with Crippen LogP contribution in [0.1, 0.15) is 52.4 Å². The Morgan fingerprint density at radius 1 is 1.38 bits per heavy atom. The standard InChI is InChI=1S/C14H27NO/c1-4-16-14(9-5-6-11(2)10-14)13(15-3)12-7-8-12/h11-13,15H,4-10H2,1-3H3. The zero-order valence-electron chi connectivity index (χ0n) is 11.1. The minimum Gasteiger partial charge on any atom is -0.374 e. The maximum atomic E-state index is 6.23. The molecule has 0 amide bonds. The molecule has 1 N–H and O–H groups in total. The fourth-order valence-corrected chi connectivity index (χ4v) is 3.69. The van der Waals surface area contributed by atoms with Crippen molar-refractivity contribution in [3.63, 3.8) is 0 Å². The van der Waals surface area contributed by atoms with E-state index in [1.54, 1.807) is 0 Å². The summed E-state index contributed by atoms with van der Waals surface area (Å²) in [5, 5.41) is 3.55. The van der Waals surface area contributed by atoms with Crippen molar-refractivity contribution in [2.24, 2.45) is 11.8 Å². The summed E-state index contributed by atoms with van der Waals surface area (Å²) in [5.41, 5.74) is 0.141. The van der Waals surface area contributed by atoms with Crippen LogP contribution in [0.2, 0.25) is 0 Å². The smallest absolute Gasteiger partial charge is 0.0839 e. The van der Waals surface area contributed by atoms with E-state index in [-0.39, 0.29) is 5.60 Å². The summed E-state index contributed by atoms with van der Waals surface area (Å²) in [6, 6.07) is 0.593. The van der Waals surface area contributed by atoms with Gasteiger partial charge in [0, 0.05) is 12.6 Å². The fourth-order valence-electron chi connectivity index (χ4n) is 3.69. The Morgan fingerprint density at radius 2 is 2.12 bits per heavy atom. The van der Waals surface area contributed by atoms with Crippen LogP contribution in [0.4, 0.5) is 0 Å². The lowest BCUT2D eigenvalue weighted by Gasteiger charge is -2.45. The highest BCUT2D eigenvalue weighted by Crippen LogP contribution is 2.45. The predicted molar refractivity (Wildman–Crippen MR) is 67.6 cm³/mol. The van der Waals surface area contributed by atoms with Crippen LogP contribution in [0.3, 0.4) is 0 Å². The lowest BCUT2D eigenvalue weighted by molar-refractivity contribution is -0.103. The molecule has 2 rings (SSSR count). The maximum Gasteiger partial charge on any atom is 0.0839 e. The number of likely N-dealkylation sites (N-methyl/N-ethyl adjacent to an activating group) is 1. The molecular weight excluding hydrogens is 198 g/mol. The van der Waals surface area contributed by atoms with Gasteiger partial charge in [-0.05, 0) is 51.5 Å². The van der Waals surface area contributed by atoms with Gasteiger partial charge in [-0.3, -0.25) is 0 Å². The second-order valence-corrected chi connectivity index (χ2v) is 5.80. The van der Waals surface area contributed by atoms with Crippen LogP contribution in [-0.2, 0) is 4.74 Å². The van der Waals surface area contributed by atoms with E-state index in [0.29, 0.717) is 6.04 Å². The Bertz CT molecular complexity index is 223. The van der Waals surface area contributed by atoms with Gasteiger partial charge in [-0.25, -0.2) is 0 Å². The van der Waals surface area contributed by atoms with Crippen molar-refractivity contribution in [3.05, 3.63) is 0 Å². The minimum absolute atomic E-state index is 0.141. The summed E-state index contributed by atoms with van der Waals surface area (Å²) < 4.78 is 6.23. The molecule has 3 unspecified atom stereocenters. The molecule has 2 nitrogen and oxygen atoms in total. The molecule has 0 bridgehead atoms. The van der Waals surface area contributed by atoms with Crippen LogP contribution in [0, 0.1) is 11.8 Å². The second kappa shape index (κ2) is 5.05. The van der Waals surface area contributed by atoms with E-state index in [1.165, 1.54) is 38.5 Å². The predicted octanol–water partition coefficient (Wildman–Crippen LogP) is 2.97. The molecule has 16 heavy (non-hydrogen) atoms. The van der Waals surface area contributed by atoms with E-state index in [9.17, 15) is 0 Å². The number of hydrogen-bond donors (Lipinski definition) is 1. The molecule has 3 atom stereocenters. The lowest BCUT2D eigenvalue weighted by Crippen LogP contribution is -2.55. The van der Waals surface area contributed by atoms with Crippen molar-refractivity contribution >= 4 is 0 Å². The summed E-state index contributed by atoms with van der Waals surface area (Å²) in [6.45, 7) is 5.38. The first-order valence-corrected chi connectivity index (χ1v) is 7.03. The Balaban J connectivity index is 2.11. The molecule has 94 valence electrons. The molecular formula is C14H27NO. The largest absolute Gasteiger partial charge is 0.374 e. The monoisotopic (exact) mass is 225 g/mol. The molecule has 0 spiro atoms. The quantitative estimate of drug-likeness (QED) is 0.776. The fraction of sp³-hybridized carbons (Fsp3) is 1.00. The Hall–Kier alpha value is -0.0800. The maximum absolute atomic E-state index is 6.23. The van der Waals surface area contributed by atoms with Gasteiger partial charge in [0.1, 0.15) is 0 Å². The van der Waals surface area contributed by atoms with Gasteiger partial charge >= 0.3 is 0 Å². The zero-order valence-corrected chi connectivity index (χ0v) is 11.1. The highest BCUT2D eigenvalue weighted by molar-refractivity contribution is 5.03. The van der Waals surface area contributed by atoms with E-state index in [4.69, 9.17) is 4.74 Å². The third-order valence-electron chi connectivity index (χ3n) is 4.39. The number of nitrogens with one attached hydrogen (secondary N) is 1. The van der Waals surface area contributed by atoms with Crippen molar-refractivity contribution in [2.45, 2.75) is 64.0 Å². The third-order valence-corrected chi connectivity index (χ3v) is 4.39. The molecule has 0 aromatic rings. The average molecular weight is 225 g/mol. The first-order chi connectivity index (χ1) is 7.72. The highest BCUT2D eigenvalue weighted by atomic mass is 16.5. The molecule has 0 aliphatic heterocycles. The Kier molecular flexibility index (Phi) is 3.91. The van der Waals surface area contributed by atoms with Crippen molar-refractivity contribution in [1.82, 2.24) is 5.32 Å². The molecule has 0 aromatic heterocycles. The van der Waals surface area contributed by atoms with Gasteiger partial charge in [0.25, 0.3) is 0 Å². The number of hydrogen-bond acceptors (Lipinski definition) is 2. The van der Waals surface area contributed by atoms with Gasteiger partial charge in [-0.15, -0.1) is 0 Å². The zero-order chi connectivity index (χ0) is 11.6. The third kappa shape index (κ3) is 2.43. The highest BCUT2D eigenvalue weighted by Gasteiger charge is 2.48. The van der Waals surface area contributed by atoms with Gasteiger partial charge in [0.2, 0.25) is 0 Å². The van der Waals surface area contributed by atoms with Crippen LogP contribution in [-0.4, -0.2) is 25.3 Å². The van der Waals surface area contributed by atoms with Crippen LogP contribution in [0.15, 0.2) is 0 Å². The lowest BCUT2D eigenvalue weighted by atomic mass is 9.73. The van der Waals surface area contributed by atoms with Crippen molar-refractivity contribution < 1.29 is 4.74 Å². The van der Waals surface area contributed by atoms with E-state index in [2.05, 4.69) is 26.2 Å². The normalized spacial score (nSPS) is 37.3. The van der Waals surface area contributed by atoms with Crippen LogP contribution in [0.5, 0.6) is 0 Å². The molecule has 2 aliphatic carbocycles. The molecule has 2 saturated carbocycles. The summed E-state index contributed by atoms with van der Waals surface area (Å²) >= 11 is 0. The summed E-state index contributed by atoms with van der Waals surface area (Å²) in [4.78, 5) is 0. The first-order valence-electron chi connectivity index (χ1n) is 7.03. The van der Waals surface area contributed by atoms with Gasteiger partial charge in [-0.2, -0.15) is 0 Å². The second-order valence-electron chi connectivity index (χ2n) is 5.80.